The lowest BCUT2D eigenvalue weighted by molar-refractivity contribution is -0.111. The molecule has 0 radical (unpaired) electrons. The van der Waals surface area contributed by atoms with E-state index in [9.17, 15) is 4.79 Å². The lowest BCUT2D eigenvalue weighted by atomic mass is 10.1. The number of amides is 1. The standard InChI is InChI=1S/C25H26N4O2/c1-31-24-8-7-22(18-23(24)29-16-14-27-15-17-29)28-25(30)9-4-19-2-5-20(6-3-19)21-10-12-26-13-11-21/h2-13,18,27H,14-17H2,1H3,(H,28,30)/b9-4+. The Morgan fingerprint density at radius 2 is 1.74 bits per heavy atom. The molecule has 0 spiro atoms. The van der Waals surface area contributed by atoms with E-state index in [0.717, 1.165) is 60.0 Å². The first-order chi connectivity index (χ1) is 15.2. The number of nitrogens with one attached hydrogen (secondary N) is 2. The van der Waals surface area contributed by atoms with E-state index in [2.05, 4.69) is 20.5 Å². The van der Waals surface area contributed by atoms with Gasteiger partial charge < -0.3 is 20.3 Å². The molecule has 3 aromatic rings. The number of ether oxygens (including phenoxy) is 1. The highest BCUT2D eigenvalue weighted by Crippen LogP contribution is 2.31. The van der Waals surface area contributed by atoms with Gasteiger partial charge in [0.1, 0.15) is 5.75 Å². The molecule has 2 aromatic carbocycles. The van der Waals surface area contributed by atoms with Crippen LogP contribution in [0, 0.1) is 0 Å². The number of piperazine rings is 1. The molecule has 6 nitrogen and oxygen atoms in total. The molecule has 0 saturated carbocycles. The van der Waals surface area contributed by atoms with Crippen LogP contribution in [-0.2, 0) is 4.79 Å². The molecule has 1 fully saturated rings. The van der Waals surface area contributed by atoms with Gasteiger partial charge in [-0.3, -0.25) is 9.78 Å². The lowest BCUT2D eigenvalue weighted by Crippen LogP contribution is -2.43. The number of nitrogens with zero attached hydrogens (tertiary/aromatic N) is 2. The van der Waals surface area contributed by atoms with E-state index < -0.39 is 0 Å². The minimum atomic E-state index is -0.172. The first-order valence-electron chi connectivity index (χ1n) is 10.4. The van der Waals surface area contributed by atoms with Gasteiger partial charge in [0, 0.05) is 50.3 Å². The third kappa shape index (κ3) is 5.29. The molecule has 0 bridgehead atoms. The number of benzene rings is 2. The summed E-state index contributed by atoms with van der Waals surface area (Å²) < 4.78 is 5.51. The van der Waals surface area contributed by atoms with Crippen LogP contribution in [0.2, 0.25) is 0 Å². The van der Waals surface area contributed by atoms with Crippen molar-refractivity contribution in [2.24, 2.45) is 0 Å². The van der Waals surface area contributed by atoms with Crippen LogP contribution in [0.25, 0.3) is 17.2 Å². The number of carbonyl (C=O) groups excluding carboxylic acids is 1. The van der Waals surface area contributed by atoms with Crippen LogP contribution in [0.15, 0.2) is 73.1 Å². The quantitative estimate of drug-likeness (QED) is 0.601. The Morgan fingerprint density at radius 3 is 2.45 bits per heavy atom. The Kier molecular flexibility index (Phi) is 6.59. The zero-order valence-corrected chi connectivity index (χ0v) is 17.5. The molecule has 4 rings (SSSR count). The summed E-state index contributed by atoms with van der Waals surface area (Å²) in [6, 6.07) is 17.7. The Labute approximate surface area is 182 Å². The van der Waals surface area contributed by atoms with Crippen LogP contribution < -0.4 is 20.3 Å². The first-order valence-corrected chi connectivity index (χ1v) is 10.4. The van der Waals surface area contributed by atoms with Gasteiger partial charge >= 0.3 is 0 Å². The molecule has 0 aliphatic carbocycles. The lowest BCUT2D eigenvalue weighted by Gasteiger charge is -2.30. The number of pyridine rings is 1. The van der Waals surface area contributed by atoms with E-state index in [1.807, 2.05) is 60.7 Å². The van der Waals surface area contributed by atoms with E-state index >= 15 is 0 Å². The predicted molar refractivity (Wildman–Crippen MR) is 125 cm³/mol. The summed E-state index contributed by atoms with van der Waals surface area (Å²) in [5.74, 6) is 0.638. The first kappa shape index (κ1) is 20.6. The van der Waals surface area contributed by atoms with Gasteiger partial charge in [-0.25, -0.2) is 0 Å². The summed E-state index contributed by atoms with van der Waals surface area (Å²) in [6.45, 7) is 3.68. The zero-order chi connectivity index (χ0) is 21.5. The Hall–Kier alpha value is -3.64. The molecule has 31 heavy (non-hydrogen) atoms. The number of methoxy groups -OCH3 is 1. The summed E-state index contributed by atoms with van der Waals surface area (Å²) >= 11 is 0. The number of carbonyl (C=O) groups is 1. The monoisotopic (exact) mass is 414 g/mol. The second-order valence-corrected chi connectivity index (χ2v) is 7.30. The van der Waals surface area contributed by atoms with Gasteiger partial charge in [0.2, 0.25) is 5.91 Å². The molecule has 158 valence electrons. The van der Waals surface area contributed by atoms with Crippen molar-refractivity contribution in [3.63, 3.8) is 0 Å². The van der Waals surface area contributed by atoms with Crippen molar-refractivity contribution < 1.29 is 9.53 Å². The fourth-order valence-corrected chi connectivity index (χ4v) is 3.61. The summed E-state index contributed by atoms with van der Waals surface area (Å²) in [4.78, 5) is 18.8. The average molecular weight is 415 g/mol. The molecule has 1 aromatic heterocycles. The topological polar surface area (TPSA) is 66.5 Å². The van der Waals surface area contributed by atoms with E-state index in [4.69, 9.17) is 4.74 Å². The number of hydrogen-bond acceptors (Lipinski definition) is 5. The average Bonchev–Trinajstić information content (AvgIpc) is 2.84. The molecule has 1 aliphatic rings. The molecule has 0 atom stereocenters. The van der Waals surface area contributed by atoms with Gasteiger partial charge in [0.15, 0.2) is 0 Å². The summed E-state index contributed by atoms with van der Waals surface area (Å²) in [7, 11) is 1.67. The van der Waals surface area contributed by atoms with Crippen molar-refractivity contribution in [3.8, 4) is 16.9 Å². The minimum absolute atomic E-state index is 0.172. The third-order valence-corrected chi connectivity index (χ3v) is 5.26. The van der Waals surface area contributed by atoms with Crippen LogP contribution in [0.5, 0.6) is 5.75 Å². The predicted octanol–water partition coefficient (Wildman–Crippen LogP) is 3.82. The molecule has 1 saturated heterocycles. The summed E-state index contributed by atoms with van der Waals surface area (Å²) in [5, 5.41) is 6.30. The normalized spacial score (nSPS) is 13.9. The molecule has 2 N–H and O–H groups in total. The van der Waals surface area contributed by atoms with E-state index in [-0.39, 0.29) is 5.91 Å². The highest BCUT2D eigenvalue weighted by molar-refractivity contribution is 6.02. The van der Waals surface area contributed by atoms with Gasteiger partial charge in [-0.15, -0.1) is 0 Å². The summed E-state index contributed by atoms with van der Waals surface area (Å²) in [6.07, 6.45) is 6.92. The number of aromatic nitrogens is 1. The number of rotatable bonds is 6. The Balaban J connectivity index is 1.42. The van der Waals surface area contributed by atoms with Crippen molar-refractivity contribution >= 4 is 23.4 Å². The zero-order valence-electron chi connectivity index (χ0n) is 17.5. The van der Waals surface area contributed by atoms with E-state index in [0.29, 0.717) is 0 Å². The number of hydrogen-bond donors (Lipinski definition) is 2. The fraction of sp³-hybridized carbons (Fsp3) is 0.200. The van der Waals surface area contributed by atoms with Crippen molar-refractivity contribution in [2.45, 2.75) is 0 Å². The maximum atomic E-state index is 12.5. The molecular weight excluding hydrogens is 388 g/mol. The second-order valence-electron chi connectivity index (χ2n) is 7.30. The third-order valence-electron chi connectivity index (χ3n) is 5.26. The van der Waals surface area contributed by atoms with E-state index in [1.165, 1.54) is 0 Å². The van der Waals surface area contributed by atoms with Crippen LogP contribution in [0.1, 0.15) is 5.56 Å². The van der Waals surface area contributed by atoms with Gasteiger partial charge in [0.05, 0.1) is 12.8 Å². The van der Waals surface area contributed by atoms with Crippen molar-refractivity contribution in [1.82, 2.24) is 10.3 Å². The van der Waals surface area contributed by atoms with Gasteiger partial charge in [-0.05, 0) is 53.1 Å². The maximum absolute atomic E-state index is 12.5. The Bertz CT molecular complexity index is 1040. The molecule has 1 amide bonds. The van der Waals surface area contributed by atoms with Crippen molar-refractivity contribution in [1.29, 1.82) is 0 Å². The highest BCUT2D eigenvalue weighted by Gasteiger charge is 2.15. The smallest absolute Gasteiger partial charge is 0.248 e. The minimum Gasteiger partial charge on any atom is -0.495 e. The van der Waals surface area contributed by atoms with Gasteiger partial charge in [-0.1, -0.05) is 24.3 Å². The molecule has 2 heterocycles. The fourth-order valence-electron chi connectivity index (χ4n) is 3.61. The highest BCUT2D eigenvalue weighted by atomic mass is 16.5. The molecule has 6 heteroatoms. The number of anilines is 2. The van der Waals surface area contributed by atoms with E-state index in [1.54, 1.807) is 25.6 Å². The largest absolute Gasteiger partial charge is 0.495 e. The molecular formula is C25H26N4O2. The van der Waals surface area contributed by atoms with Crippen molar-refractivity contribution in [3.05, 3.63) is 78.6 Å². The van der Waals surface area contributed by atoms with Gasteiger partial charge in [0.25, 0.3) is 0 Å². The van der Waals surface area contributed by atoms with Crippen LogP contribution in [0.3, 0.4) is 0 Å². The SMILES string of the molecule is COc1ccc(NC(=O)/C=C/c2ccc(-c3ccncc3)cc2)cc1N1CCNCC1. The molecule has 1 aliphatic heterocycles. The van der Waals surface area contributed by atoms with Crippen LogP contribution in [0.4, 0.5) is 11.4 Å². The van der Waals surface area contributed by atoms with Crippen LogP contribution in [-0.4, -0.2) is 44.2 Å². The second kappa shape index (κ2) is 9.91. The maximum Gasteiger partial charge on any atom is 0.248 e. The van der Waals surface area contributed by atoms with Crippen LogP contribution >= 0.6 is 0 Å². The Morgan fingerprint density at radius 1 is 1.03 bits per heavy atom. The summed E-state index contributed by atoms with van der Waals surface area (Å²) in [5.41, 5.74) is 4.93. The van der Waals surface area contributed by atoms with Gasteiger partial charge in [-0.2, -0.15) is 0 Å². The molecule has 0 unspecified atom stereocenters. The van der Waals surface area contributed by atoms with Crippen molar-refractivity contribution in [2.75, 3.05) is 43.5 Å².